The Bertz CT molecular complexity index is 1160. The Balaban J connectivity index is 2.59. The number of carbonyl (C=O) groups excluding carboxylic acids is 2. The molecule has 0 aromatic heterocycles. The molecule has 0 amide bonds. The summed E-state index contributed by atoms with van der Waals surface area (Å²) in [5.74, 6) is -2.99. The molecule has 0 spiro atoms. The van der Waals surface area contributed by atoms with E-state index < -0.39 is 62.7 Å². The molecule has 2 unspecified atom stereocenters. The number of carbonyl (C=O) groups is 2. The number of ketones is 1. The molecular weight excluding hydrogens is 517 g/mol. The molecule has 2 aromatic rings. The van der Waals surface area contributed by atoms with Crippen LogP contribution in [0.2, 0.25) is 10.0 Å². The lowest BCUT2D eigenvalue weighted by Gasteiger charge is -2.36. The number of hydrogen-bond acceptors (Lipinski definition) is 5. The van der Waals surface area contributed by atoms with Gasteiger partial charge in [0.25, 0.3) is 0 Å². The monoisotopic (exact) mass is 537 g/mol. The molecule has 2 atom stereocenters. The molecule has 35 heavy (non-hydrogen) atoms. The molecule has 0 saturated heterocycles. The Morgan fingerprint density at radius 2 is 1.66 bits per heavy atom. The number of benzene rings is 2. The predicted octanol–water partition coefficient (Wildman–Crippen LogP) is 6.83. The summed E-state index contributed by atoms with van der Waals surface area (Å²) in [5.41, 5.74) is -5.38. The van der Waals surface area contributed by atoms with Crippen molar-refractivity contribution in [1.29, 1.82) is 0 Å². The molecule has 190 valence electrons. The van der Waals surface area contributed by atoms with Gasteiger partial charge in [-0.05, 0) is 50.6 Å². The van der Waals surface area contributed by atoms with Crippen molar-refractivity contribution >= 4 is 35.0 Å². The number of nitrogens with zero attached hydrogens (tertiary/aromatic N) is 1. The second-order valence-electron chi connectivity index (χ2n) is 8.86. The van der Waals surface area contributed by atoms with Gasteiger partial charge in [0, 0.05) is 23.8 Å². The number of rotatable bonds is 7. The number of ether oxygens (including phenoxy) is 1. The third kappa shape index (κ3) is 6.10. The van der Waals surface area contributed by atoms with Crippen LogP contribution in [0.25, 0.3) is 0 Å². The zero-order valence-electron chi connectivity index (χ0n) is 19.0. The van der Waals surface area contributed by atoms with Crippen LogP contribution in [-0.4, -0.2) is 34.5 Å². The molecule has 0 N–H and O–H groups in total. The highest BCUT2D eigenvalue weighted by Crippen LogP contribution is 2.48. The van der Waals surface area contributed by atoms with Crippen molar-refractivity contribution in [2.75, 3.05) is 0 Å². The minimum atomic E-state index is -5.31. The van der Waals surface area contributed by atoms with Gasteiger partial charge >= 0.3 is 12.1 Å². The zero-order chi connectivity index (χ0) is 26.9. The van der Waals surface area contributed by atoms with Crippen molar-refractivity contribution in [2.24, 2.45) is 0 Å². The molecule has 0 radical (unpaired) electrons. The Labute approximate surface area is 208 Å². The van der Waals surface area contributed by atoms with E-state index in [9.17, 15) is 37.3 Å². The van der Waals surface area contributed by atoms with Gasteiger partial charge < -0.3 is 4.74 Å². The van der Waals surface area contributed by atoms with Gasteiger partial charge in [-0.1, -0.05) is 35.3 Å². The summed E-state index contributed by atoms with van der Waals surface area (Å²) in [7, 11) is 0. The smallest absolute Gasteiger partial charge is 0.405 e. The van der Waals surface area contributed by atoms with Gasteiger partial charge in [0.1, 0.15) is 11.4 Å². The van der Waals surface area contributed by atoms with Gasteiger partial charge in [0.05, 0.1) is 15.6 Å². The van der Waals surface area contributed by atoms with Crippen molar-refractivity contribution in [2.45, 2.75) is 57.3 Å². The topological polar surface area (TPSA) is 86.5 Å². The van der Waals surface area contributed by atoms with Crippen LogP contribution in [0, 0.1) is 15.9 Å². The van der Waals surface area contributed by atoms with Gasteiger partial charge in [-0.25, -0.2) is 9.18 Å². The lowest BCUT2D eigenvalue weighted by atomic mass is 9.70. The number of nitro groups is 1. The fourth-order valence-electron chi connectivity index (χ4n) is 3.49. The zero-order valence-corrected chi connectivity index (χ0v) is 20.5. The number of esters is 1. The van der Waals surface area contributed by atoms with E-state index in [1.807, 2.05) is 0 Å². The van der Waals surface area contributed by atoms with E-state index in [1.54, 1.807) is 20.8 Å². The second kappa shape index (κ2) is 10.1. The average molecular weight is 538 g/mol. The fraction of sp³-hybridized carbons (Fsp3) is 0.391. The van der Waals surface area contributed by atoms with Crippen LogP contribution in [0.5, 0.6) is 0 Å². The standard InChI is InChI=1S/C23H21Cl2F4NO5/c1-12(30(33)34)22(23(27,28)29,14-6-8-18(26)17(25)10-14)11-19(31)13-5-7-15(16(24)9-13)20(32)35-21(2,3)4/h5-10,12H,11H2,1-4H3. The highest BCUT2D eigenvalue weighted by molar-refractivity contribution is 6.34. The number of halogens is 6. The number of Topliss-reactive ketones (excluding diaryl/α,β-unsaturated/α-hetero) is 1. The number of hydrogen-bond donors (Lipinski definition) is 0. The van der Waals surface area contributed by atoms with Crippen LogP contribution in [0.4, 0.5) is 17.6 Å². The molecule has 2 aromatic carbocycles. The molecule has 0 bridgehead atoms. The van der Waals surface area contributed by atoms with Crippen molar-refractivity contribution in [3.8, 4) is 0 Å². The van der Waals surface area contributed by atoms with Crippen molar-refractivity contribution in [3.05, 3.63) is 79.1 Å². The Morgan fingerprint density at radius 1 is 1.06 bits per heavy atom. The SMILES string of the molecule is CC([N+](=O)[O-])C(CC(=O)c1ccc(C(=O)OC(C)(C)C)c(Cl)c1)(c1ccc(F)c(Cl)c1)C(F)(F)F. The van der Waals surface area contributed by atoms with Crippen molar-refractivity contribution < 1.29 is 36.8 Å². The van der Waals surface area contributed by atoms with Crippen LogP contribution >= 0.6 is 23.2 Å². The minimum Gasteiger partial charge on any atom is -0.456 e. The molecule has 0 fully saturated rings. The first-order valence-corrected chi connectivity index (χ1v) is 10.9. The van der Waals surface area contributed by atoms with Crippen molar-refractivity contribution in [3.63, 3.8) is 0 Å². The largest absolute Gasteiger partial charge is 0.456 e. The third-order valence-corrected chi connectivity index (χ3v) is 5.92. The summed E-state index contributed by atoms with van der Waals surface area (Å²) in [5, 5.41) is 10.6. The summed E-state index contributed by atoms with van der Waals surface area (Å²) < 4.78 is 62.4. The fourth-order valence-corrected chi connectivity index (χ4v) is 3.93. The van der Waals surface area contributed by atoms with E-state index in [-0.39, 0.29) is 16.1 Å². The van der Waals surface area contributed by atoms with Crippen LogP contribution < -0.4 is 0 Å². The molecule has 2 rings (SSSR count). The first-order chi connectivity index (χ1) is 15.9. The molecule has 0 aliphatic carbocycles. The molecular formula is C23H21Cl2F4NO5. The molecule has 12 heteroatoms. The van der Waals surface area contributed by atoms with E-state index >= 15 is 0 Å². The molecule has 0 heterocycles. The van der Waals surface area contributed by atoms with Gasteiger partial charge in [0.2, 0.25) is 6.04 Å². The summed E-state index contributed by atoms with van der Waals surface area (Å²) in [4.78, 5) is 35.7. The van der Waals surface area contributed by atoms with Gasteiger partial charge in [-0.3, -0.25) is 14.9 Å². The van der Waals surface area contributed by atoms with Crippen LogP contribution in [-0.2, 0) is 10.2 Å². The minimum absolute atomic E-state index is 0.121. The van der Waals surface area contributed by atoms with E-state index in [0.29, 0.717) is 25.1 Å². The van der Waals surface area contributed by atoms with Crippen molar-refractivity contribution in [1.82, 2.24) is 0 Å². The summed E-state index contributed by atoms with van der Waals surface area (Å²) in [6.45, 7) is 5.56. The average Bonchev–Trinajstić information content (AvgIpc) is 2.70. The second-order valence-corrected chi connectivity index (χ2v) is 9.67. The van der Waals surface area contributed by atoms with E-state index in [4.69, 9.17) is 27.9 Å². The van der Waals surface area contributed by atoms with Gasteiger partial charge in [-0.2, -0.15) is 13.2 Å². The lowest BCUT2D eigenvalue weighted by molar-refractivity contribution is -0.541. The van der Waals surface area contributed by atoms with E-state index in [1.165, 1.54) is 0 Å². The Hall–Kier alpha value is -2.72. The van der Waals surface area contributed by atoms with E-state index in [2.05, 4.69) is 0 Å². The first-order valence-electron chi connectivity index (χ1n) is 10.1. The highest BCUT2D eigenvalue weighted by atomic mass is 35.5. The number of alkyl halides is 3. The summed E-state index contributed by atoms with van der Waals surface area (Å²) >= 11 is 11.7. The Kier molecular flexibility index (Phi) is 8.23. The lowest BCUT2D eigenvalue weighted by Crippen LogP contribution is -2.54. The third-order valence-electron chi connectivity index (χ3n) is 5.32. The summed E-state index contributed by atoms with van der Waals surface area (Å²) in [6.07, 6.45) is -6.71. The highest BCUT2D eigenvalue weighted by Gasteiger charge is 2.65. The maximum Gasteiger partial charge on any atom is 0.405 e. The van der Waals surface area contributed by atoms with Gasteiger partial charge in [0.15, 0.2) is 11.2 Å². The molecule has 0 aliphatic rings. The van der Waals surface area contributed by atoms with Gasteiger partial charge in [-0.15, -0.1) is 0 Å². The first kappa shape index (κ1) is 28.5. The van der Waals surface area contributed by atoms with Crippen LogP contribution in [0.1, 0.15) is 60.4 Å². The maximum atomic E-state index is 14.5. The molecule has 0 saturated carbocycles. The van der Waals surface area contributed by atoms with Crippen LogP contribution in [0.15, 0.2) is 36.4 Å². The molecule has 0 aliphatic heterocycles. The maximum absolute atomic E-state index is 14.5. The quantitative estimate of drug-likeness (QED) is 0.127. The normalized spacial score (nSPS) is 14.7. The predicted molar refractivity (Wildman–Crippen MR) is 121 cm³/mol. The van der Waals surface area contributed by atoms with E-state index in [0.717, 1.165) is 18.2 Å². The summed E-state index contributed by atoms with van der Waals surface area (Å²) in [6, 6.07) is 2.80. The molecule has 6 nitrogen and oxygen atoms in total. The Morgan fingerprint density at radius 3 is 2.11 bits per heavy atom. The van der Waals surface area contributed by atoms with Crippen LogP contribution in [0.3, 0.4) is 0 Å².